The molecule has 0 aliphatic rings. The van der Waals surface area contributed by atoms with Crippen molar-refractivity contribution in [2.45, 2.75) is 0 Å². The molecule has 5 rings (SSSR count). The van der Waals surface area contributed by atoms with Gasteiger partial charge in [0.15, 0.2) is 11.5 Å². The highest BCUT2D eigenvalue weighted by Crippen LogP contribution is 2.21. The van der Waals surface area contributed by atoms with Crippen molar-refractivity contribution in [1.29, 1.82) is 0 Å². The number of carbonyl (C=O) groups excluding carboxylic acids is 1. The molecule has 27 heavy (non-hydrogen) atoms. The van der Waals surface area contributed by atoms with Gasteiger partial charge in [0.05, 0.1) is 5.39 Å². The molecular weight excluding hydrogens is 342 g/mol. The van der Waals surface area contributed by atoms with E-state index in [4.69, 9.17) is 4.52 Å². The van der Waals surface area contributed by atoms with Crippen molar-refractivity contribution in [3.8, 4) is 11.4 Å². The summed E-state index contributed by atoms with van der Waals surface area (Å²) in [5.41, 5.74) is 2.80. The van der Waals surface area contributed by atoms with Crippen LogP contribution in [0.1, 0.15) is 10.6 Å². The molecule has 0 unspecified atom stereocenters. The van der Waals surface area contributed by atoms with Gasteiger partial charge in [0, 0.05) is 23.5 Å². The summed E-state index contributed by atoms with van der Waals surface area (Å²) in [5, 5.41) is 11.9. The number of anilines is 1. The zero-order chi connectivity index (χ0) is 18.2. The van der Waals surface area contributed by atoms with E-state index in [0.29, 0.717) is 28.1 Å². The number of benzene rings is 2. The number of carbonyl (C=O) groups is 1. The molecule has 0 atom stereocenters. The van der Waals surface area contributed by atoms with Crippen LogP contribution in [0.3, 0.4) is 0 Å². The van der Waals surface area contributed by atoms with Gasteiger partial charge < -0.3 is 9.84 Å². The summed E-state index contributed by atoms with van der Waals surface area (Å²) in [7, 11) is 0. The Hall–Kier alpha value is -4.00. The third-order valence-corrected chi connectivity index (χ3v) is 4.22. The molecule has 0 fully saturated rings. The summed E-state index contributed by atoms with van der Waals surface area (Å²) in [4.78, 5) is 17.1. The smallest absolute Gasteiger partial charge is 0.294 e. The van der Waals surface area contributed by atoms with Crippen LogP contribution in [0, 0.1) is 0 Å². The van der Waals surface area contributed by atoms with Gasteiger partial charge in [0.1, 0.15) is 5.52 Å². The highest BCUT2D eigenvalue weighted by Gasteiger charge is 2.17. The van der Waals surface area contributed by atoms with Gasteiger partial charge in [-0.2, -0.15) is 0 Å². The Bertz CT molecular complexity index is 1270. The number of nitrogens with zero attached hydrogens (tertiary/aromatic N) is 4. The van der Waals surface area contributed by atoms with Crippen LogP contribution in [0.2, 0.25) is 0 Å². The summed E-state index contributed by atoms with van der Waals surface area (Å²) in [5.74, 6) is 0.438. The summed E-state index contributed by atoms with van der Waals surface area (Å²) >= 11 is 0. The summed E-state index contributed by atoms with van der Waals surface area (Å²) in [6.07, 6.45) is 1.75. The minimum Gasteiger partial charge on any atom is -0.350 e. The Kier molecular flexibility index (Phi) is 3.43. The fourth-order valence-corrected chi connectivity index (χ4v) is 2.91. The van der Waals surface area contributed by atoms with Crippen molar-refractivity contribution >= 4 is 28.1 Å². The minimum absolute atomic E-state index is 0.178. The maximum atomic E-state index is 12.6. The third-order valence-electron chi connectivity index (χ3n) is 4.22. The van der Waals surface area contributed by atoms with Crippen LogP contribution in [0.15, 0.2) is 77.4 Å². The lowest BCUT2D eigenvalue weighted by atomic mass is 10.2. The standard InChI is InChI=1S/C20H13N5O2/c26-20(18-15-8-4-5-9-16(15)24-27-18)21-14-10-11-25-17(12-14)22-19(23-25)13-6-2-1-3-7-13/h1-12H,(H,21,26). The van der Waals surface area contributed by atoms with Crippen LogP contribution < -0.4 is 5.32 Å². The predicted molar refractivity (Wildman–Crippen MR) is 100 cm³/mol. The number of hydrogen-bond acceptors (Lipinski definition) is 5. The first-order valence-electron chi connectivity index (χ1n) is 8.35. The number of aromatic nitrogens is 4. The largest absolute Gasteiger partial charge is 0.350 e. The molecule has 0 radical (unpaired) electrons. The van der Waals surface area contributed by atoms with Crippen LogP contribution >= 0.6 is 0 Å². The number of nitrogens with one attached hydrogen (secondary N) is 1. The first-order chi connectivity index (χ1) is 13.3. The molecule has 7 nitrogen and oxygen atoms in total. The number of amides is 1. The van der Waals surface area contributed by atoms with Crippen molar-refractivity contribution in [2.75, 3.05) is 5.32 Å². The lowest BCUT2D eigenvalue weighted by Crippen LogP contribution is -2.11. The summed E-state index contributed by atoms with van der Waals surface area (Å²) in [6.45, 7) is 0. The van der Waals surface area contributed by atoms with Crippen molar-refractivity contribution in [3.05, 3.63) is 78.7 Å². The van der Waals surface area contributed by atoms with Gasteiger partial charge in [-0.25, -0.2) is 9.50 Å². The molecule has 3 aromatic heterocycles. The number of hydrogen-bond donors (Lipinski definition) is 1. The van der Waals surface area contributed by atoms with E-state index >= 15 is 0 Å². The third kappa shape index (κ3) is 2.71. The van der Waals surface area contributed by atoms with E-state index in [-0.39, 0.29) is 11.7 Å². The van der Waals surface area contributed by atoms with E-state index in [9.17, 15) is 4.79 Å². The fourth-order valence-electron chi connectivity index (χ4n) is 2.91. The first kappa shape index (κ1) is 15.3. The maximum absolute atomic E-state index is 12.6. The lowest BCUT2D eigenvalue weighted by molar-refractivity contribution is 0.0990. The normalized spacial score (nSPS) is 11.1. The molecule has 1 amide bonds. The van der Waals surface area contributed by atoms with E-state index < -0.39 is 0 Å². The topological polar surface area (TPSA) is 85.3 Å². The van der Waals surface area contributed by atoms with Crippen LogP contribution in [0.4, 0.5) is 5.69 Å². The highest BCUT2D eigenvalue weighted by atomic mass is 16.5. The molecule has 0 spiro atoms. The molecule has 0 aliphatic carbocycles. The predicted octanol–water partition coefficient (Wildman–Crippen LogP) is 3.79. The van der Waals surface area contributed by atoms with E-state index in [1.54, 1.807) is 35.0 Å². The Balaban J connectivity index is 1.46. The molecular formula is C20H13N5O2. The van der Waals surface area contributed by atoms with Crippen molar-refractivity contribution < 1.29 is 9.32 Å². The van der Waals surface area contributed by atoms with E-state index in [1.165, 1.54) is 0 Å². The molecule has 0 saturated heterocycles. The second-order valence-electron chi connectivity index (χ2n) is 6.00. The SMILES string of the molecule is O=C(Nc1ccn2nc(-c3ccccc3)nc2c1)c1onc2ccccc12. The molecule has 1 N–H and O–H groups in total. The molecule has 2 aromatic carbocycles. The average molecular weight is 355 g/mol. The molecule has 0 bridgehead atoms. The van der Waals surface area contributed by atoms with Gasteiger partial charge in [-0.15, -0.1) is 5.10 Å². The van der Waals surface area contributed by atoms with Crippen LogP contribution in [0.25, 0.3) is 27.9 Å². The Labute approximate surface area is 153 Å². The zero-order valence-electron chi connectivity index (χ0n) is 14.0. The van der Waals surface area contributed by atoms with Crippen LogP contribution in [0.5, 0.6) is 0 Å². The van der Waals surface area contributed by atoms with Crippen molar-refractivity contribution in [3.63, 3.8) is 0 Å². The maximum Gasteiger partial charge on any atom is 0.294 e. The Morgan fingerprint density at radius 3 is 2.70 bits per heavy atom. The number of rotatable bonds is 3. The second kappa shape index (κ2) is 6.06. The lowest BCUT2D eigenvalue weighted by Gasteiger charge is -2.02. The molecule has 3 heterocycles. The minimum atomic E-state index is -0.365. The molecule has 7 heteroatoms. The molecule has 0 aliphatic heterocycles. The number of fused-ring (bicyclic) bond motifs is 2. The van der Waals surface area contributed by atoms with E-state index in [2.05, 4.69) is 20.6 Å². The van der Waals surface area contributed by atoms with E-state index in [1.807, 2.05) is 42.5 Å². The fraction of sp³-hybridized carbons (Fsp3) is 0. The second-order valence-corrected chi connectivity index (χ2v) is 6.00. The monoisotopic (exact) mass is 355 g/mol. The van der Waals surface area contributed by atoms with Crippen molar-refractivity contribution in [1.82, 2.24) is 19.8 Å². The van der Waals surface area contributed by atoms with Gasteiger partial charge in [-0.3, -0.25) is 4.79 Å². The van der Waals surface area contributed by atoms with Gasteiger partial charge in [0.25, 0.3) is 5.91 Å². The molecule has 130 valence electrons. The summed E-state index contributed by atoms with van der Waals surface area (Å²) in [6, 6.07) is 20.5. The van der Waals surface area contributed by atoms with Crippen molar-refractivity contribution in [2.24, 2.45) is 0 Å². The summed E-state index contributed by atoms with van der Waals surface area (Å²) < 4.78 is 6.87. The van der Waals surface area contributed by atoms with E-state index in [0.717, 1.165) is 5.56 Å². The van der Waals surface area contributed by atoms with Gasteiger partial charge in [-0.05, 0) is 18.2 Å². The molecule has 0 saturated carbocycles. The van der Waals surface area contributed by atoms with Gasteiger partial charge in [-0.1, -0.05) is 47.6 Å². The zero-order valence-corrected chi connectivity index (χ0v) is 14.0. The van der Waals surface area contributed by atoms with Crippen LogP contribution in [-0.2, 0) is 0 Å². The Morgan fingerprint density at radius 2 is 1.81 bits per heavy atom. The Morgan fingerprint density at radius 1 is 1.00 bits per heavy atom. The van der Waals surface area contributed by atoms with Crippen LogP contribution in [-0.4, -0.2) is 25.7 Å². The quantitative estimate of drug-likeness (QED) is 0.532. The first-order valence-corrected chi connectivity index (χ1v) is 8.35. The van der Waals surface area contributed by atoms with Gasteiger partial charge in [0.2, 0.25) is 5.76 Å². The molecule has 5 aromatic rings. The van der Waals surface area contributed by atoms with Gasteiger partial charge >= 0.3 is 0 Å². The average Bonchev–Trinajstić information content (AvgIpc) is 3.32. The highest BCUT2D eigenvalue weighted by molar-refractivity contribution is 6.10. The number of pyridine rings is 1.